The highest BCUT2D eigenvalue weighted by Gasteiger charge is 2.14. The summed E-state index contributed by atoms with van der Waals surface area (Å²) in [5.74, 6) is 0.559. The maximum absolute atomic E-state index is 12.1. The van der Waals surface area contributed by atoms with E-state index in [1.807, 2.05) is 24.3 Å². The van der Waals surface area contributed by atoms with Crippen molar-refractivity contribution in [2.75, 3.05) is 11.1 Å². The number of para-hydroxylation sites is 1. The van der Waals surface area contributed by atoms with Gasteiger partial charge in [0.05, 0.1) is 6.42 Å². The summed E-state index contributed by atoms with van der Waals surface area (Å²) in [6.07, 6.45) is 1.92. The first-order valence-corrected chi connectivity index (χ1v) is 8.27. The molecule has 1 amide bonds. The maximum Gasteiger partial charge on any atom is 0.232 e. The highest BCUT2D eigenvalue weighted by Crippen LogP contribution is 2.25. The number of fused-ring (bicyclic) bond motifs is 1. The SMILES string of the molecule is C=CCSc1nnc(NC(=O)Cc2noc3ccccc23)s1. The van der Waals surface area contributed by atoms with E-state index < -0.39 is 0 Å². The molecular formula is C14H12N4O2S2. The van der Waals surface area contributed by atoms with E-state index in [1.54, 1.807) is 6.08 Å². The number of hydrogen-bond acceptors (Lipinski definition) is 7. The Bertz CT molecular complexity index is 812. The number of nitrogens with zero attached hydrogens (tertiary/aromatic N) is 3. The number of nitrogens with one attached hydrogen (secondary N) is 1. The second-order valence-corrected chi connectivity index (χ2v) is 6.57. The summed E-state index contributed by atoms with van der Waals surface area (Å²) >= 11 is 2.86. The summed E-state index contributed by atoms with van der Waals surface area (Å²) in [7, 11) is 0. The predicted octanol–water partition coefficient (Wildman–Crippen LogP) is 3.14. The number of anilines is 1. The van der Waals surface area contributed by atoms with E-state index in [0.29, 0.717) is 16.4 Å². The number of rotatable bonds is 6. The molecule has 6 nitrogen and oxygen atoms in total. The highest BCUT2D eigenvalue weighted by atomic mass is 32.2. The summed E-state index contributed by atoms with van der Waals surface area (Å²) in [6.45, 7) is 3.65. The molecule has 3 aromatic rings. The third-order valence-corrected chi connectivity index (χ3v) is 4.73. The third kappa shape index (κ3) is 3.34. The van der Waals surface area contributed by atoms with Crippen LogP contribution in [0.5, 0.6) is 0 Å². The van der Waals surface area contributed by atoms with Gasteiger partial charge in [0.2, 0.25) is 11.0 Å². The Morgan fingerprint density at radius 2 is 2.27 bits per heavy atom. The Hall–Kier alpha value is -2.19. The van der Waals surface area contributed by atoms with E-state index >= 15 is 0 Å². The molecule has 0 fully saturated rings. The molecule has 0 radical (unpaired) electrons. The van der Waals surface area contributed by atoms with Crippen LogP contribution in [-0.2, 0) is 11.2 Å². The number of hydrogen-bond donors (Lipinski definition) is 1. The summed E-state index contributed by atoms with van der Waals surface area (Å²) in [5, 5.41) is 15.9. The van der Waals surface area contributed by atoms with Gasteiger partial charge >= 0.3 is 0 Å². The zero-order chi connectivity index (χ0) is 15.4. The average molecular weight is 332 g/mol. The van der Waals surface area contributed by atoms with Crippen LogP contribution in [0.1, 0.15) is 5.69 Å². The first-order chi connectivity index (χ1) is 10.8. The van der Waals surface area contributed by atoms with Gasteiger partial charge in [0, 0.05) is 11.1 Å². The molecule has 8 heteroatoms. The van der Waals surface area contributed by atoms with Crippen LogP contribution >= 0.6 is 23.1 Å². The van der Waals surface area contributed by atoms with Crippen LogP contribution in [0, 0.1) is 0 Å². The second-order valence-electron chi connectivity index (χ2n) is 4.32. The van der Waals surface area contributed by atoms with Crippen molar-refractivity contribution < 1.29 is 9.32 Å². The lowest BCUT2D eigenvalue weighted by Gasteiger charge is -1.98. The summed E-state index contributed by atoms with van der Waals surface area (Å²) in [5.41, 5.74) is 1.28. The molecule has 22 heavy (non-hydrogen) atoms. The molecule has 112 valence electrons. The normalized spacial score (nSPS) is 10.7. The second kappa shape index (κ2) is 6.71. The van der Waals surface area contributed by atoms with Crippen molar-refractivity contribution in [2.24, 2.45) is 0 Å². The number of carbonyl (C=O) groups is 1. The number of thioether (sulfide) groups is 1. The molecule has 0 atom stereocenters. The summed E-state index contributed by atoms with van der Waals surface area (Å²) < 4.78 is 5.97. The van der Waals surface area contributed by atoms with Gasteiger partial charge in [0.1, 0.15) is 5.69 Å². The van der Waals surface area contributed by atoms with E-state index in [-0.39, 0.29) is 12.3 Å². The Kier molecular flexibility index (Phi) is 4.50. The minimum Gasteiger partial charge on any atom is -0.356 e. The molecular weight excluding hydrogens is 320 g/mol. The van der Waals surface area contributed by atoms with Crippen LogP contribution < -0.4 is 5.32 Å². The number of carbonyl (C=O) groups excluding carboxylic acids is 1. The third-order valence-electron chi connectivity index (χ3n) is 2.76. The number of benzene rings is 1. The van der Waals surface area contributed by atoms with Crippen LogP contribution in [0.25, 0.3) is 11.0 Å². The molecule has 0 bridgehead atoms. The van der Waals surface area contributed by atoms with Crippen molar-refractivity contribution in [1.82, 2.24) is 15.4 Å². The van der Waals surface area contributed by atoms with Crippen molar-refractivity contribution in [2.45, 2.75) is 10.8 Å². The molecule has 1 N–H and O–H groups in total. The van der Waals surface area contributed by atoms with Gasteiger partial charge in [-0.05, 0) is 12.1 Å². The molecule has 2 aromatic heterocycles. The van der Waals surface area contributed by atoms with E-state index in [1.165, 1.54) is 23.1 Å². The van der Waals surface area contributed by atoms with Crippen molar-refractivity contribution in [3.63, 3.8) is 0 Å². The van der Waals surface area contributed by atoms with Crippen LogP contribution in [0.2, 0.25) is 0 Å². The molecule has 1 aromatic carbocycles. The molecule has 0 unspecified atom stereocenters. The fraction of sp³-hybridized carbons (Fsp3) is 0.143. The van der Waals surface area contributed by atoms with Gasteiger partial charge < -0.3 is 9.84 Å². The van der Waals surface area contributed by atoms with Crippen molar-refractivity contribution >= 4 is 45.1 Å². The standard InChI is InChI=1S/C14H12N4O2S2/c1-2-7-21-14-17-16-13(22-14)15-12(19)8-10-9-5-3-4-6-11(9)20-18-10/h2-6H,1,7-8H2,(H,15,16,19). The van der Waals surface area contributed by atoms with Crippen LogP contribution in [0.4, 0.5) is 5.13 Å². The van der Waals surface area contributed by atoms with Crippen molar-refractivity contribution in [3.05, 3.63) is 42.6 Å². The fourth-order valence-corrected chi connectivity index (χ4v) is 3.36. The molecule has 0 saturated heterocycles. The molecule has 3 rings (SSSR count). The van der Waals surface area contributed by atoms with Gasteiger partial charge in [-0.3, -0.25) is 4.79 Å². The largest absolute Gasteiger partial charge is 0.356 e. The fourth-order valence-electron chi connectivity index (χ4n) is 1.83. The van der Waals surface area contributed by atoms with Gasteiger partial charge in [0.25, 0.3) is 0 Å². The minimum atomic E-state index is -0.199. The van der Waals surface area contributed by atoms with Crippen molar-refractivity contribution in [1.29, 1.82) is 0 Å². The Labute approximate surface area is 134 Å². The van der Waals surface area contributed by atoms with Gasteiger partial charge in [-0.15, -0.1) is 16.8 Å². The lowest BCUT2D eigenvalue weighted by molar-refractivity contribution is -0.115. The lowest BCUT2D eigenvalue weighted by atomic mass is 10.2. The highest BCUT2D eigenvalue weighted by molar-refractivity contribution is 8.01. The quantitative estimate of drug-likeness (QED) is 0.424. The van der Waals surface area contributed by atoms with Crippen molar-refractivity contribution in [3.8, 4) is 0 Å². The van der Waals surface area contributed by atoms with E-state index in [4.69, 9.17) is 4.52 Å². The summed E-state index contributed by atoms with van der Waals surface area (Å²) in [4.78, 5) is 12.1. The smallest absolute Gasteiger partial charge is 0.232 e. The van der Waals surface area contributed by atoms with Crippen LogP contribution in [0.15, 0.2) is 45.8 Å². The average Bonchev–Trinajstić information content (AvgIpc) is 3.13. The molecule has 2 heterocycles. The maximum atomic E-state index is 12.1. The van der Waals surface area contributed by atoms with Gasteiger partial charge in [-0.1, -0.05) is 46.5 Å². The molecule has 0 spiro atoms. The molecule has 0 aliphatic carbocycles. The number of amides is 1. The van der Waals surface area contributed by atoms with Gasteiger partial charge in [0.15, 0.2) is 9.92 Å². The van der Waals surface area contributed by atoms with Gasteiger partial charge in [-0.2, -0.15) is 0 Å². The first-order valence-electron chi connectivity index (χ1n) is 6.46. The van der Waals surface area contributed by atoms with Gasteiger partial charge in [-0.25, -0.2) is 0 Å². The zero-order valence-corrected chi connectivity index (χ0v) is 13.1. The monoisotopic (exact) mass is 332 g/mol. The molecule has 0 aliphatic rings. The van der Waals surface area contributed by atoms with Crippen LogP contribution in [-0.4, -0.2) is 27.0 Å². The van der Waals surface area contributed by atoms with E-state index in [2.05, 4.69) is 27.2 Å². The summed E-state index contributed by atoms with van der Waals surface area (Å²) in [6, 6.07) is 7.44. The van der Waals surface area contributed by atoms with E-state index in [0.717, 1.165) is 15.5 Å². The minimum absolute atomic E-state index is 0.131. The zero-order valence-electron chi connectivity index (χ0n) is 11.5. The Morgan fingerprint density at radius 1 is 1.41 bits per heavy atom. The van der Waals surface area contributed by atoms with E-state index in [9.17, 15) is 4.79 Å². The predicted molar refractivity (Wildman–Crippen MR) is 87.2 cm³/mol. The van der Waals surface area contributed by atoms with Crippen LogP contribution in [0.3, 0.4) is 0 Å². The molecule has 0 saturated carbocycles. The molecule has 0 aliphatic heterocycles. The Balaban J connectivity index is 1.65. The topological polar surface area (TPSA) is 80.9 Å². The lowest BCUT2D eigenvalue weighted by Crippen LogP contribution is -2.14. The first kappa shape index (κ1) is 14.7. The number of aromatic nitrogens is 3. The Morgan fingerprint density at radius 3 is 3.14 bits per heavy atom.